The van der Waals surface area contributed by atoms with E-state index in [0.29, 0.717) is 51.7 Å². The van der Waals surface area contributed by atoms with Gasteiger partial charge >= 0.3 is 12.1 Å². The Bertz CT molecular complexity index is 987. The molecular weight excluding hydrogens is 530 g/mol. The highest BCUT2D eigenvalue weighted by atomic mass is 16.6. The molecule has 0 aromatic heterocycles. The number of esters is 1. The van der Waals surface area contributed by atoms with Crippen LogP contribution in [0, 0.1) is 5.92 Å². The number of amides is 2. The predicted molar refractivity (Wildman–Crippen MR) is 152 cm³/mol. The van der Waals surface area contributed by atoms with Gasteiger partial charge in [0.15, 0.2) is 17.1 Å². The van der Waals surface area contributed by atoms with Crippen LogP contribution in [0.1, 0.15) is 100 Å². The Morgan fingerprint density at radius 1 is 0.732 bits per heavy atom. The maximum absolute atomic E-state index is 13.5. The lowest BCUT2D eigenvalue weighted by Gasteiger charge is -2.24. The Hall–Kier alpha value is -2.96. The van der Waals surface area contributed by atoms with Crippen molar-refractivity contribution in [3.05, 3.63) is 0 Å². The van der Waals surface area contributed by atoms with Crippen LogP contribution >= 0.6 is 0 Å². The van der Waals surface area contributed by atoms with Crippen molar-refractivity contribution in [3.8, 4) is 0 Å². The van der Waals surface area contributed by atoms with Crippen LogP contribution in [0.15, 0.2) is 20.5 Å². The Labute approximate surface area is 243 Å². The van der Waals surface area contributed by atoms with Crippen molar-refractivity contribution in [3.63, 3.8) is 0 Å². The van der Waals surface area contributed by atoms with Crippen molar-refractivity contribution in [2.24, 2.45) is 26.4 Å². The quantitative estimate of drug-likeness (QED) is 0.161. The lowest BCUT2D eigenvalue weighted by atomic mass is 9.92. The summed E-state index contributed by atoms with van der Waals surface area (Å²) in [5, 5.41) is 24.8. The number of rotatable bonds is 18. The number of unbranched alkanes of at least 4 members (excludes halogenated alkanes) is 1. The number of ether oxygens (including phenoxy) is 2. The van der Waals surface area contributed by atoms with Gasteiger partial charge in [0.1, 0.15) is 11.2 Å². The average molecular weight is 580 g/mol. The Morgan fingerprint density at radius 2 is 1.29 bits per heavy atom. The molecule has 2 rings (SSSR count). The SMILES string of the molecule is CC1(CCNC(=O)[C@H](CC(=O)OC(C)(C)C)CC(=O)[C@H](CCCCNC(=O)OC(C)(C)C)NCCC2(C)N=N2)N=N1. The van der Waals surface area contributed by atoms with Gasteiger partial charge in [-0.05, 0) is 74.7 Å². The van der Waals surface area contributed by atoms with Crippen LogP contribution in [0.4, 0.5) is 4.79 Å². The minimum absolute atomic E-state index is 0.114. The molecule has 0 bridgehead atoms. The lowest BCUT2D eigenvalue weighted by Crippen LogP contribution is -2.42. The molecule has 0 fully saturated rings. The number of hydrogen-bond donors (Lipinski definition) is 3. The molecule has 0 aliphatic carbocycles. The van der Waals surface area contributed by atoms with Crippen molar-refractivity contribution >= 4 is 23.8 Å². The second-order valence-electron chi connectivity index (χ2n) is 13.2. The van der Waals surface area contributed by atoms with E-state index in [-0.39, 0.29) is 24.5 Å². The highest BCUT2D eigenvalue weighted by molar-refractivity contribution is 5.91. The van der Waals surface area contributed by atoms with E-state index in [1.165, 1.54) is 0 Å². The van der Waals surface area contributed by atoms with Gasteiger partial charge in [-0.1, -0.05) is 0 Å². The first-order valence-electron chi connectivity index (χ1n) is 14.5. The van der Waals surface area contributed by atoms with Crippen LogP contribution in [0.3, 0.4) is 0 Å². The van der Waals surface area contributed by atoms with Crippen LogP contribution in [-0.2, 0) is 23.9 Å². The van der Waals surface area contributed by atoms with Gasteiger partial charge in [0, 0.05) is 38.9 Å². The molecule has 0 aromatic carbocycles. The molecule has 0 saturated carbocycles. The zero-order chi connectivity index (χ0) is 30.9. The van der Waals surface area contributed by atoms with Crippen molar-refractivity contribution < 1.29 is 28.7 Å². The molecule has 232 valence electrons. The Balaban J connectivity index is 1.96. The standard InChI is InChI=1S/C28H49N7O6/c1-25(2,3)40-22(37)18-19(23(38)30-16-13-28(8)34-35-28)17-21(36)20(29-15-12-27(7)32-33-27)11-9-10-14-31-24(39)41-26(4,5)6/h19-20,29H,9-18H2,1-8H3,(H,30,38)(H,31,39)/t19-,20-/m0/s1. The van der Waals surface area contributed by atoms with E-state index >= 15 is 0 Å². The Kier molecular flexibility index (Phi) is 11.9. The van der Waals surface area contributed by atoms with Crippen molar-refractivity contribution in [1.29, 1.82) is 0 Å². The molecule has 2 aliphatic heterocycles. The molecule has 13 heteroatoms. The van der Waals surface area contributed by atoms with Crippen LogP contribution in [0.25, 0.3) is 0 Å². The molecule has 2 atom stereocenters. The van der Waals surface area contributed by atoms with Crippen LogP contribution < -0.4 is 16.0 Å². The molecule has 0 aromatic rings. The van der Waals surface area contributed by atoms with E-state index in [1.54, 1.807) is 41.5 Å². The van der Waals surface area contributed by atoms with Gasteiger partial charge in [0.25, 0.3) is 0 Å². The molecule has 2 heterocycles. The normalized spacial score (nSPS) is 17.8. The van der Waals surface area contributed by atoms with Gasteiger partial charge in [0.05, 0.1) is 18.4 Å². The van der Waals surface area contributed by atoms with Crippen molar-refractivity contribution in [2.75, 3.05) is 19.6 Å². The molecule has 41 heavy (non-hydrogen) atoms. The summed E-state index contributed by atoms with van der Waals surface area (Å²) in [7, 11) is 0. The largest absolute Gasteiger partial charge is 0.460 e. The third-order valence-electron chi connectivity index (χ3n) is 6.40. The first kappa shape index (κ1) is 34.2. The van der Waals surface area contributed by atoms with Crippen molar-refractivity contribution in [2.45, 2.75) is 129 Å². The van der Waals surface area contributed by atoms with Gasteiger partial charge in [-0.2, -0.15) is 20.5 Å². The molecule has 0 radical (unpaired) electrons. The summed E-state index contributed by atoms with van der Waals surface area (Å²) in [4.78, 5) is 51.1. The van der Waals surface area contributed by atoms with E-state index < -0.39 is 46.6 Å². The first-order valence-corrected chi connectivity index (χ1v) is 14.5. The molecule has 3 N–H and O–H groups in total. The fourth-order valence-corrected chi connectivity index (χ4v) is 4.00. The summed E-state index contributed by atoms with van der Waals surface area (Å²) in [5.74, 6) is -1.95. The summed E-state index contributed by atoms with van der Waals surface area (Å²) in [6, 6.07) is -0.532. The summed E-state index contributed by atoms with van der Waals surface area (Å²) in [6.45, 7) is 15.7. The fourth-order valence-electron chi connectivity index (χ4n) is 4.00. The molecule has 0 unspecified atom stereocenters. The smallest absolute Gasteiger partial charge is 0.407 e. The zero-order valence-electron chi connectivity index (χ0n) is 26.0. The minimum atomic E-state index is -0.873. The van der Waals surface area contributed by atoms with Crippen molar-refractivity contribution in [1.82, 2.24) is 16.0 Å². The average Bonchev–Trinajstić information content (AvgIpc) is 3.73. The minimum Gasteiger partial charge on any atom is -0.460 e. The number of nitrogens with zero attached hydrogens (tertiary/aromatic N) is 4. The zero-order valence-corrected chi connectivity index (χ0v) is 26.0. The molecule has 0 saturated heterocycles. The van der Waals surface area contributed by atoms with E-state index in [9.17, 15) is 19.2 Å². The molecule has 2 amide bonds. The van der Waals surface area contributed by atoms with E-state index in [4.69, 9.17) is 9.47 Å². The van der Waals surface area contributed by atoms with Gasteiger partial charge in [-0.15, -0.1) is 0 Å². The number of alkyl carbamates (subject to hydrolysis) is 1. The van der Waals surface area contributed by atoms with Gasteiger partial charge in [-0.3, -0.25) is 14.4 Å². The fraction of sp³-hybridized carbons (Fsp3) is 0.857. The van der Waals surface area contributed by atoms with Gasteiger partial charge < -0.3 is 25.4 Å². The summed E-state index contributed by atoms with van der Waals surface area (Å²) in [5.41, 5.74) is -2.16. The number of nitrogens with one attached hydrogen (secondary N) is 3. The number of carbonyl (C=O) groups excluding carboxylic acids is 4. The summed E-state index contributed by atoms with van der Waals surface area (Å²) < 4.78 is 10.7. The van der Waals surface area contributed by atoms with Crippen LogP contribution in [0.2, 0.25) is 0 Å². The number of Topliss-reactive ketones (excluding diaryl/α,β-unsaturated/α-hetero) is 1. The van der Waals surface area contributed by atoms with E-state index in [1.807, 2.05) is 13.8 Å². The van der Waals surface area contributed by atoms with E-state index in [0.717, 1.165) is 0 Å². The third kappa shape index (κ3) is 15.0. The number of ketones is 1. The van der Waals surface area contributed by atoms with E-state index in [2.05, 4.69) is 36.4 Å². The topological polar surface area (TPSA) is 172 Å². The highest BCUT2D eigenvalue weighted by Crippen LogP contribution is 2.31. The van der Waals surface area contributed by atoms with Crippen LogP contribution in [-0.4, -0.2) is 72.0 Å². The molecule has 0 spiro atoms. The second kappa shape index (κ2) is 14.3. The lowest BCUT2D eigenvalue weighted by molar-refractivity contribution is -0.157. The van der Waals surface area contributed by atoms with Crippen LogP contribution in [0.5, 0.6) is 0 Å². The molecule has 13 nitrogen and oxygen atoms in total. The molecule has 2 aliphatic rings. The Morgan fingerprint density at radius 3 is 1.83 bits per heavy atom. The summed E-state index contributed by atoms with van der Waals surface area (Å²) in [6.07, 6.45) is 2.18. The highest BCUT2D eigenvalue weighted by Gasteiger charge is 2.35. The number of carbonyl (C=O) groups is 4. The number of hydrogen-bond acceptors (Lipinski definition) is 11. The predicted octanol–water partition coefficient (Wildman–Crippen LogP) is 4.21. The summed E-state index contributed by atoms with van der Waals surface area (Å²) >= 11 is 0. The van der Waals surface area contributed by atoms with Gasteiger partial charge in [-0.25, -0.2) is 4.79 Å². The van der Waals surface area contributed by atoms with Gasteiger partial charge in [0.2, 0.25) is 5.91 Å². The monoisotopic (exact) mass is 579 g/mol. The maximum atomic E-state index is 13.5. The first-order chi connectivity index (χ1) is 18.9. The second-order valence-corrected chi connectivity index (χ2v) is 13.2. The molecular formula is C28H49N7O6. The maximum Gasteiger partial charge on any atom is 0.407 e. The third-order valence-corrected chi connectivity index (χ3v) is 6.40.